The molecule has 0 aromatic heterocycles. The molecular weight excluding hydrogens is 390 g/mol. The van der Waals surface area contributed by atoms with Crippen LogP contribution in [0.15, 0.2) is 30.3 Å². The fourth-order valence-electron chi connectivity index (χ4n) is 2.32. The van der Waals surface area contributed by atoms with Crippen molar-refractivity contribution in [2.75, 3.05) is 40.4 Å². The van der Waals surface area contributed by atoms with E-state index in [1.807, 2.05) is 0 Å². The third kappa shape index (κ3) is 4.98. The largest absolute Gasteiger partial charge is 0.497 e. The quantitative estimate of drug-likeness (QED) is 0.669. The lowest BCUT2D eigenvalue weighted by Crippen LogP contribution is -2.21. The maximum Gasteiger partial charge on any atom is 0.342 e. The van der Waals surface area contributed by atoms with Gasteiger partial charge in [-0.05, 0) is 18.2 Å². The van der Waals surface area contributed by atoms with E-state index in [2.05, 4.69) is 5.32 Å². The van der Waals surface area contributed by atoms with Crippen molar-refractivity contribution in [3.63, 3.8) is 0 Å². The minimum Gasteiger partial charge on any atom is -0.497 e. The number of amides is 1. The van der Waals surface area contributed by atoms with Gasteiger partial charge in [0.15, 0.2) is 6.61 Å². The van der Waals surface area contributed by atoms with Gasteiger partial charge in [0.05, 0.1) is 39.1 Å². The van der Waals surface area contributed by atoms with E-state index in [1.165, 1.54) is 46.6 Å². The molecule has 0 saturated heterocycles. The zero-order valence-electron chi connectivity index (χ0n) is 15.8. The number of hydrogen-bond acceptors (Lipinski definition) is 7. The second-order valence-electron chi connectivity index (χ2n) is 5.38. The van der Waals surface area contributed by atoms with Gasteiger partial charge in [0.25, 0.3) is 5.91 Å². The SMILES string of the molecule is COc1ccc(C(=O)OCC(=O)Nc2cc(Cl)c(OC)cc2OC)c(OC)c1. The average molecular weight is 410 g/mol. The van der Waals surface area contributed by atoms with E-state index in [4.69, 9.17) is 35.3 Å². The molecule has 0 heterocycles. The van der Waals surface area contributed by atoms with Crippen molar-refractivity contribution in [1.82, 2.24) is 0 Å². The first-order chi connectivity index (χ1) is 13.4. The summed E-state index contributed by atoms with van der Waals surface area (Å²) < 4.78 is 25.6. The zero-order valence-corrected chi connectivity index (χ0v) is 16.6. The van der Waals surface area contributed by atoms with Gasteiger partial charge in [-0.1, -0.05) is 11.6 Å². The maximum atomic E-state index is 12.3. The molecule has 2 aromatic carbocycles. The van der Waals surface area contributed by atoms with E-state index in [0.29, 0.717) is 28.0 Å². The number of nitrogens with one attached hydrogen (secondary N) is 1. The fourth-order valence-corrected chi connectivity index (χ4v) is 2.56. The predicted octanol–water partition coefficient (Wildman–Crippen LogP) is 3.17. The van der Waals surface area contributed by atoms with Gasteiger partial charge in [-0.15, -0.1) is 0 Å². The molecule has 0 aliphatic heterocycles. The normalized spacial score (nSPS) is 10.0. The Morgan fingerprint density at radius 1 is 0.893 bits per heavy atom. The average Bonchev–Trinajstić information content (AvgIpc) is 2.71. The van der Waals surface area contributed by atoms with E-state index in [9.17, 15) is 9.59 Å². The van der Waals surface area contributed by atoms with Crippen LogP contribution < -0.4 is 24.3 Å². The molecular formula is C19H20ClNO7. The van der Waals surface area contributed by atoms with Gasteiger partial charge in [-0.25, -0.2) is 4.79 Å². The van der Waals surface area contributed by atoms with Gasteiger partial charge in [-0.2, -0.15) is 0 Å². The molecule has 0 bridgehead atoms. The fraction of sp³-hybridized carbons (Fsp3) is 0.263. The molecule has 2 rings (SSSR count). The van der Waals surface area contributed by atoms with E-state index >= 15 is 0 Å². The van der Waals surface area contributed by atoms with Crippen LogP contribution in [0, 0.1) is 0 Å². The highest BCUT2D eigenvalue weighted by atomic mass is 35.5. The van der Waals surface area contributed by atoms with Gasteiger partial charge >= 0.3 is 5.97 Å². The van der Waals surface area contributed by atoms with Crippen LogP contribution in [0.2, 0.25) is 5.02 Å². The number of carbonyl (C=O) groups is 2. The number of carbonyl (C=O) groups excluding carboxylic acids is 2. The van der Waals surface area contributed by atoms with Crippen molar-refractivity contribution in [2.45, 2.75) is 0 Å². The minimum absolute atomic E-state index is 0.168. The third-order valence-corrected chi connectivity index (χ3v) is 4.01. The van der Waals surface area contributed by atoms with Crippen LogP contribution >= 0.6 is 11.6 Å². The molecule has 8 nitrogen and oxygen atoms in total. The summed E-state index contributed by atoms with van der Waals surface area (Å²) in [5.74, 6) is 0.255. The van der Waals surface area contributed by atoms with Crippen molar-refractivity contribution < 1.29 is 33.3 Å². The van der Waals surface area contributed by atoms with Crippen LogP contribution in [-0.2, 0) is 9.53 Å². The highest BCUT2D eigenvalue weighted by Gasteiger charge is 2.17. The van der Waals surface area contributed by atoms with E-state index in [-0.39, 0.29) is 11.3 Å². The van der Waals surface area contributed by atoms with Crippen LogP contribution in [0.1, 0.15) is 10.4 Å². The molecule has 2 aromatic rings. The summed E-state index contributed by atoms with van der Waals surface area (Å²) in [6.07, 6.45) is 0. The Morgan fingerprint density at radius 2 is 1.57 bits per heavy atom. The number of methoxy groups -OCH3 is 4. The lowest BCUT2D eigenvalue weighted by Gasteiger charge is -2.13. The Hall–Kier alpha value is -3.13. The molecule has 150 valence electrons. The Labute approximate surface area is 167 Å². The molecule has 0 radical (unpaired) electrons. The molecule has 0 saturated carbocycles. The molecule has 0 atom stereocenters. The molecule has 0 unspecified atom stereocenters. The topological polar surface area (TPSA) is 92.3 Å². The first-order valence-electron chi connectivity index (χ1n) is 8.04. The highest BCUT2D eigenvalue weighted by Crippen LogP contribution is 2.35. The second kappa shape index (κ2) is 9.70. The zero-order chi connectivity index (χ0) is 20.7. The number of rotatable bonds is 8. The van der Waals surface area contributed by atoms with Crippen molar-refractivity contribution in [3.8, 4) is 23.0 Å². The van der Waals surface area contributed by atoms with Crippen molar-refractivity contribution in [3.05, 3.63) is 40.9 Å². The monoisotopic (exact) mass is 409 g/mol. The summed E-state index contributed by atoms with van der Waals surface area (Å²) in [5.41, 5.74) is 0.484. The lowest BCUT2D eigenvalue weighted by molar-refractivity contribution is -0.119. The summed E-state index contributed by atoms with van der Waals surface area (Å²) >= 11 is 6.07. The van der Waals surface area contributed by atoms with Crippen LogP contribution in [0.25, 0.3) is 0 Å². The van der Waals surface area contributed by atoms with Gasteiger partial charge in [0.1, 0.15) is 28.6 Å². The van der Waals surface area contributed by atoms with Crippen molar-refractivity contribution in [2.24, 2.45) is 0 Å². The second-order valence-corrected chi connectivity index (χ2v) is 5.78. The Balaban J connectivity index is 2.05. The van der Waals surface area contributed by atoms with Gasteiger partial charge < -0.3 is 29.0 Å². The molecule has 9 heteroatoms. The number of halogens is 1. The molecule has 1 amide bonds. The third-order valence-electron chi connectivity index (χ3n) is 3.71. The summed E-state index contributed by atoms with van der Waals surface area (Å²) in [5, 5.41) is 2.87. The summed E-state index contributed by atoms with van der Waals surface area (Å²) in [6, 6.07) is 7.63. The lowest BCUT2D eigenvalue weighted by atomic mass is 10.2. The van der Waals surface area contributed by atoms with E-state index < -0.39 is 18.5 Å². The highest BCUT2D eigenvalue weighted by molar-refractivity contribution is 6.32. The molecule has 28 heavy (non-hydrogen) atoms. The Kier molecular flexibility index (Phi) is 7.34. The number of hydrogen-bond donors (Lipinski definition) is 1. The van der Waals surface area contributed by atoms with E-state index in [0.717, 1.165) is 0 Å². The number of anilines is 1. The van der Waals surface area contributed by atoms with Crippen LogP contribution in [0.5, 0.6) is 23.0 Å². The van der Waals surface area contributed by atoms with Gasteiger partial charge in [0, 0.05) is 12.1 Å². The molecule has 1 N–H and O–H groups in total. The predicted molar refractivity (Wildman–Crippen MR) is 103 cm³/mol. The van der Waals surface area contributed by atoms with Crippen LogP contribution in [0.4, 0.5) is 5.69 Å². The first kappa shape index (κ1) is 21.2. The van der Waals surface area contributed by atoms with Crippen molar-refractivity contribution >= 4 is 29.2 Å². The number of ether oxygens (including phenoxy) is 5. The summed E-state index contributed by atoms with van der Waals surface area (Å²) in [4.78, 5) is 24.4. The van der Waals surface area contributed by atoms with E-state index in [1.54, 1.807) is 12.1 Å². The molecule has 0 spiro atoms. The first-order valence-corrected chi connectivity index (χ1v) is 8.41. The molecule has 0 fully saturated rings. The van der Waals surface area contributed by atoms with Crippen molar-refractivity contribution in [1.29, 1.82) is 0 Å². The number of esters is 1. The standard InChI is InChI=1S/C19H20ClNO7/c1-24-11-5-6-12(15(7-11)25-2)19(23)28-10-18(22)21-14-8-13(20)16(26-3)9-17(14)27-4/h5-9H,10H2,1-4H3,(H,21,22). The molecule has 0 aliphatic carbocycles. The minimum atomic E-state index is -0.714. The summed E-state index contributed by atoms with van der Waals surface area (Å²) in [7, 11) is 5.81. The summed E-state index contributed by atoms with van der Waals surface area (Å²) in [6.45, 7) is -0.513. The molecule has 0 aliphatic rings. The number of benzene rings is 2. The Bertz CT molecular complexity index is 870. The van der Waals surface area contributed by atoms with Gasteiger partial charge in [-0.3, -0.25) is 4.79 Å². The smallest absolute Gasteiger partial charge is 0.342 e. The Morgan fingerprint density at radius 3 is 2.18 bits per heavy atom. The van der Waals surface area contributed by atoms with Crippen LogP contribution in [0.3, 0.4) is 0 Å². The maximum absolute atomic E-state index is 12.3. The van der Waals surface area contributed by atoms with Gasteiger partial charge in [0.2, 0.25) is 0 Å². The van der Waals surface area contributed by atoms with Crippen LogP contribution in [-0.4, -0.2) is 46.9 Å².